The van der Waals surface area contributed by atoms with Gasteiger partial charge in [-0.05, 0) is 12.3 Å². The Hall–Kier alpha value is -1.39. The molecule has 72 valence electrons. The normalized spacial score (nSPS) is 23.5. The minimum Gasteiger partial charge on any atom is -0.481 e. The summed E-state index contributed by atoms with van der Waals surface area (Å²) in [4.78, 5) is 31.9. The van der Waals surface area contributed by atoms with Crippen LogP contribution in [0, 0.1) is 5.92 Å². The molecule has 0 spiro atoms. The van der Waals surface area contributed by atoms with Gasteiger partial charge in [0.2, 0.25) is 0 Å². The Morgan fingerprint density at radius 3 is 2.77 bits per heavy atom. The molecule has 1 saturated heterocycles. The van der Waals surface area contributed by atoms with Crippen molar-refractivity contribution >= 4 is 17.9 Å². The summed E-state index contributed by atoms with van der Waals surface area (Å²) in [6, 6.07) is 0. The first-order valence-electron chi connectivity index (χ1n) is 4.03. The lowest BCUT2D eigenvalue weighted by Crippen LogP contribution is -2.11. The van der Waals surface area contributed by atoms with Gasteiger partial charge in [0, 0.05) is 19.3 Å². The fourth-order valence-electron chi connectivity index (χ4n) is 1.30. The quantitative estimate of drug-likeness (QED) is 0.496. The fraction of sp³-hybridized carbons (Fsp3) is 0.625. The van der Waals surface area contributed by atoms with E-state index in [9.17, 15) is 14.4 Å². The maximum absolute atomic E-state index is 10.8. The first-order chi connectivity index (χ1) is 6.08. The van der Waals surface area contributed by atoms with Crippen molar-refractivity contribution in [2.45, 2.75) is 25.7 Å². The number of rotatable bonds is 2. The number of esters is 2. The van der Waals surface area contributed by atoms with E-state index in [1.165, 1.54) is 0 Å². The highest BCUT2D eigenvalue weighted by Gasteiger charge is 2.24. The monoisotopic (exact) mass is 186 g/mol. The molecule has 5 nitrogen and oxygen atoms in total. The van der Waals surface area contributed by atoms with E-state index in [4.69, 9.17) is 5.11 Å². The van der Waals surface area contributed by atoms with Gasteiger partial charge < -0.3 is 9.84 Å². The van der Waals surface area contributed by atoms with Crippen LogP contribution in [-0.2, 0) is 19.1 Å². The largest absolute Gasteiger partial charge is 0.481 e. The Morgan fingerprint density at radius 1 is 1.46 bits per heavy atom. The molecule has 1 N–H and O–H groups in total. The van der Waals surface area contributed by atoms with Crippen LogP contribution in [-0.4, -0.2) is 23.0 Å². The van der Waals surface area contributed by atoms with Crippen molar-refractivity contribution in [3.05, 3.63) is 0 Å². The highest BCUT2D eigenvalue weighted by Crippen LogP contribution is 2.20. The highest BCUT2D eigenvalue weighted by molar-refractivity contribution is 5.86. The van der Waals surface area contributed by atoms with Gasteiger partial charge in [0.05, 0.1) is 0 Å². The summed E-state index contributed by atoms with van der Waals surface area (Å²) < 4.78 is 4.35. The van der Waals surface area contributed by atoms with E-state index in [0.717, 1.165) is 0 Å². The molecule has 1 aliphatic rings. The smallest absolute Gasteiger partial charge is 0.313 e. The van der Waals surface area contributed by atoms with E-state index in [0.29, 0.717) is 6.42 Å². The van der Waals surface area contributed by atoms with Gasteiger partial charge in [-0.2, -0.15) is 0 Å². The number of carbonyl (C=O) groups excluding carboxylic acids is 2. The Bertz CT molecular complexity index is 245. The highest BCUT2D eigenvalue weighted by atomic mass is 16.6. The average molecular weight is 186 g/mol. The van der Waals surface area contributed by atoms with E-state index in [2.05, 4.69) is 4.74 Å². The molecule has 1 unspecified atom stereocenters. The van der Waals surface area contributed by atoms with E-state index < -0.39 is 17.9 Å². The number of carbonyl (C=O) groups is 3. The molecule has 0 aliphatic carbocycles. The molecule has 1 atom stereocenters. The van der Waals surface area contributed by atoms with Crippen LogP contribution in [0.15, 0.2) is 0 Å². The summed E-state index contributed by atoms with van der Waals surface area (Å²) in [6.45, 7) is 0. The molecule has 0 aromatic carbocycles. The third-order valence-corrected chi connectivity index (χ3v) is 1.90. The average Bonchev–Trinajstić information content (AvgIpc) is 2.11. The summed E-state index contributed by atoms with van der Waals surface area (Å²) >= 11 is 0. The molecule has 0 amide bonds. The van der Waals surface area contributed by atoms with Crippen LogP contribution in [0.1, 0.15) is 25.7 Å². The van der Waals surface area contributed by atoms with Gasteiger partial charge in [-0.3, -0.25) is 14.4 Å². The number of hydrogen-bond donors (Lipinski definition) is 1. The predicted molar refractivity (Wildman–Crippen MR) is 40.7 cm³/mol. The van der Waals surface area contributed by atoms with Crippen molar-refractivity contribution in [1.82, 2.24) is 0 Å². The molecule has 1 rings (SSSR count). The lowest BCUT2D eigenvalue weighted by molar-refractivity contribution is -0.158. The lowest BCUT2D eigenvalue weighted by Gasteiger charge is -2.06. The van der Waals surface area contributed by atoms with E-state index in [1.807, 2.05) is 0 Å². The van der Waals surface area contributed by atoms with Crippen molar-refractivity contribution < 1.29 is 24.2 Å². The number of aliphatic carboxylic acids is 1. The zero-order valence-corrected chi connectivity index (χ0v) is 6.99. The second kappa shape index (κ2) is 4.02. The van der Waals surface area contributed by atoms with Gasteiger partial charge in [0.15, 0.2) is 0 Å². The standard InChI is InChI=1S/C8H10O5/c9-6(10)3-5-1-2-7(11)13-8(12)4-5/h5H,1-4H2,(H,9,10). The molecule has 0 radical (unpaired) electrons. The van der Waals surface area contributed by atoms with E-state index in [1.54, 1.807) is 0 Å². The molecule has 0 saturated carbocycles. The molecule has 0 aromatic heterocycles. The molecule has 5 heteroatoms. The van der Waals surface area contributed by atoms with Crippen molar-refractivity contribution in [2.24, 2.45) is 5.92 Å². The topological polar surface area (TPSA) is 80.7 Å². The maximum atomic E-state index is 10.8. The maximum Gasteiger partial charge on any atom is 0.313 e. The van der Waals surface area contributed by atoms with Crippen molar-refractivity contribution in [3.8, 4) is 0 Å². The zero-order chi connectivity index (χ0) is 9.84. The number of carboxylic acid groups (broad SMARTS) is 1. The summed E-state index contributed by atoms with van der Waals surface area (Å²) in [5, 5.41) is 8.47. The van der Waals surface area contributed by atoms with Gasteiger partial charge >= 0.3 is 17.9 Å². The molecule has 1 aliphatic heterocycles. The second-order valence-corrected chi connectivity index (χ2v) is 3.05. The Balaban J connectivity index is 2.52. The molecule has 0 aromatic rings. The fourth-order valence-corrected chi connectivity index (χ4v) is 1.30. The summed E-state index contributed by atoms with van der Waals surface area (Å²) in [6.07, 6.45) is 0.487. The lowest BCUT2D eigenvalue weighted by atomic mass is 9.97. The first kappa shape index (κ1) is 9.70. The Labute approximate surface area is 74.7 Å². The second-order valence-electron chi connectivity index (χ2n) is 3.05. The first-order valence-corrected chi connectivity index (χ1v) is 4.03. The minimum atomic E-state index is -0.952. The van der Waals surface area contributed by atoms with Gasteiger partial charge in [0.1, 0.15) is 0 Å². The van der Waals surface area contributed by atoms with Crippen LogP contribution in [0.3, 0.4) is 0 Å². The van der Waals surface area contributed by atoms with Crippen molar-refractivity contribution in [3.63, 3.8) is 0 Å². The van der Waals surface area contributed by atoms with Crippen LogP contribution in [0.5, 0.6) is 0 Å². The molecular formula is C8H10O5. The third kappa shape index (κ3) is 3.23. The van der Waals surface area contributed by atoms with E-state index in [-0.39, 0.29) is 25.2 Å². The number of carboxylic acids is 1. The van der Waals surface area contributed by atoms with Gasteiger partial charge in [-0.25, -0.2) is 0 Å². The van der Waals surface area contributed by atoms with Crippen molar-refractivity contribution in [1.29, 1.82) is 0 Å². The molecule has 0 bridgehead atoms. The third-order valence-electron chi connectivity index (χ3n) is 1.90. The number of cyclic esters (lactones) is 2. The molecule has 13 heavy (non-hydrogen) atoms. The van der Waals surface area contributed by atoms with Gasteiger partial charge in [0.25, 0.3) is 0 Å². The SMILES string of the molecule is O=C(O)CC1CCC(=O)OC(=O)C1. The number of ether oxygens (including phenoxy) is 1. The molecule has 1 heterocycles. The molecule has 1 fully saturated rings. The van der Waals surface area contributed by atoms with Crippen LogP contribution in [0.25, 0.3) is 0 Å². The summed E-state index contributed by atoms with van der Waals surface area (Å²) in [5.41, 5.74) is 0. The summed E-state index contributed by atoms with van der Waals surface area (Å²) in [5.74, 6) is -2.39. The number of hydrogen-bond acceptors (Lipinski definition) is 4. The van der Waals surface area contributed by atoms with Crippen LogP contribution in [0.2, 0.25) is 0 Å². The Kier molecular flexibility index (Phi) is 3.00. The minimum absolute atomic E-state index is 0.0258. The van der Waals surface area contributed by atoms with Gasteiger partial charge in [-0.15, -0.1) is 0 Å². The van der Waals surface area contributed by atoms with Crippen LogP contribution >= 0.6 is 0 Å². The van der Waals surface area contributed by atoms with Crippen LogP contribution in [0.4, 0.5) is 0 Å². The predicted octanol–water partition coefficient (Wildman–Crippen LogP) is 0.331. The summed E-state index contributed by atoms with van der Waals surface area (Å²) in [7, 11) is 0. The zero-order valence-electron chi connectivity index (χ0n) is 6.99. The Morgan fingerprint density at radius 2 is 2.15 bits per heavy atom. The van der Waals surface area contributed by atoms with Gasteiger partial charge in [-0.1, -0.05) is 0 Å². The molecular weight excluding hydrogens is 176 g/mol. The van der Waals surface area contributed by atoms with E-state index >= 15 is 0 Å². The van der Waals surface area contributed by atoms with Crippen molar-refractivity contribution in [2.75, 3.05) is 0 Å². The van der Waals surface area contributed by atoms with Crippen LogP contribution < -0.4 is 0 Å².